The molecule has 0 amide bonds. The lowest BCUT2D eigenvalue weighted by molar-refractivity contribution is 0.249. The minimum Gasteiger partial charge on any atom is -0.0654 e. The Morgan fingerprint density at radius 2 is 1.47 bits per heavy atom. The highest BCUT2D eigenvalue weighted by molar-refractivity contribution is 5.14. The zero-order valence-corrected chi connectivity index (χ0v) is 12.6. The molecule has 1 aliphatic rings. The van der Waals surface area contributed by atoms with Crippen molar-refractivity contribution >= 4 is 0 Å². The Kier molecular flexibility index (Phi) is 6.47. The molecule has 0 N–H and O–H groups in total. The van der Waals surface area contributed by atoms with Gasteiger partial charge in [-0.3, -0.25) is 0 Å². The molecule has 0 radical (unpaired) electrons. The standard InChI is InChI=1S/C19H30/c1-2-3-5-8-18-12-15-19(16-13-18)14-11-17-9-6-4-7-10-17/h4,6-7,9-10,18-19H,2-3,5,8,11-16H2,1H3. The van der Waals surface area contributed by atoms with Crippen molar-refractivity contribution in [1.29, 1.82) is 0 Å². The Bertz CT molecular complexity index is 319. The number of hydrogen-bond acceptors (Lipinski definition) is 0. The summed E-state index contributed by atoms with van der Waals surface area (Å²) in [7, 11) is 0. The van der Waals surface area contributed by atoms with Gasteiger partial charge in [0, 0.05) is 0 Å². The van der Waals surface area contributed by atoms with E-state index in [0.717, 1.165) is 11.8 Å². The van der Waals surface area contributed by atoms with Crippen LogP contribution in [0.1, 0.15) is 70.3 Å². The number of aryl methyl sites for hydroxylation is 1. The summed E-state index contributed by atoms with van der Waals surface area (Å²) in [5.41, 5.74) is 1.52. The molecule has 0 unspecified atom stereocenters. The summed E-state index contributed by atoms with van der Waals surface area (Å²) in [4.78, 5) is 0. The van der Waals surface area contributed by atoms with Gasteiger partial charge in [-0.05, 0) is 30.2 Å². The smallest absolute Gasteiger partial charge is 0.0276 e. The molecular weight excluding hydrogens is 228 g/mol. The molecule has 0 atom stereocenters. The van der Waals surface area contributed by atoms with Gasteiger partial charge in [-0.15, -0.1) is 0 Å². The normalized spacial score (nSPS) is 23.4. The molecule has 106 valence electrons. The molecule has 1 aromatic carbocycles. The summed E-state index contributed by atoms with van der Waals surface area (Å²) in [6.45, 7) is 2.31. The number of benzene rings is 1. The molecule has 1 fully saturated rings. The summed E-state index contributed by atoms with van der Waals surface area (Å²) in [5, 5.41) is 0. The van der Waals surface area contributed by atoms with Gasteiger partial charge in [0.2, 0.25) is 0 Å². The molecule has 0 spiro atoms. The third-order valence-corrected chi connectivity index (χ3v) is 4.87. The van der Waals surface area contributed by atoms with Crippen LogP contribution in [0.15, 0.2) is 30.3 Å². The maximum Gasteiger partial charge on any atom is -0.0276 e. The fourth-order valence-corrected chi connectivity index (χ4v) is 3.51. The lowest BCUT2D eigenvalue weighted by atomic mass is 9.78. The van der Waals surface area contributed by atoms with Crippen molar-refractivity contribution in [3.05, 3.63) is 35.9 Å². The fourth-order valence-electron chi connectivity index (χ4n) is 3.51. The van der Waals surface area contributed by atoms with Crippen molar-refractivity contribution in [1.82, 2.24) is 0 Å². The van der Waals surface area contributed by atoms with Crippen molar-refractivity contribution in [3.63, 3.8) is 0 Å². The van der Waals surface area contributed by atoms with Crippen LogP contribution in [-0.4, -0.2) is 0 Å². The van der Waals surface area contributed by atoms with Crippen LogP contribution in [0.5, 0.6) is 0 Å². The van der Waals surface area contributed by atoms with Gasteiger partial charge in [-0.2, -0.15) is 0 Å². The maximum atomic E-state index is 2.31. The van der Waals surface area contributed by atoms with Crippen molar-refractivity contribution in [2.75, 3.05) is 0 Å². The van der Waals surface area contributed by atoms with Crippen molar-refractivity contribution < 1.29 is 0 Å². The summed E-state index contributed by atoms with van der Waals surface area (Å²) in [6.07, 6.45) is 14.5. The van der Waals surface area contributed by atoms with Crippen LogP contribution in [0, 0.1) is 11.8 Å². The van der Waals surface area contributed by atoms with Crippen LogP contribution < -0.4 is 0 Å². The summed E-state index contributed by atoms with van der Waals surface area (Å²) in [6, 6.07) is 11.0. The Labute approximate surface area is 119 Å². The van der Waals surface area contributed by atoms with Crippen LogP contribution in [0.3, 0.4) is 0 Å². The lowest BCUT2D eigenvalue weighted by Crippen LogP contribution is -2.15. The molecule has 2 rings (SSSR count). The molecule has 0 bridgehead atoms. The first-order chi connectivity index (χ1) is 9.38. The van der Waals surface area contributed by atoms with Gasteiger partial charge in [-0.1, -0.05) is 88.6 Å². The van der Waals surface area contributed by atoms with Gasteiger partial charge in [0.05, 0.1) is 0 Å². The number of unbranched alkanes of at least 4 members (excludes halogenated alkanes) is 2. The second-order valence-electron chi connectivity index (χ2n) is 6.41. The van der Waals surface area contributed by atoms with E-state index in [4.69, 9.17) is 0 Å². The highest BCUT2D eigenvalue weighted by Crippen LogP contribution is 2.34. The van der Waals surface area contributed by atoms with Crippen molar-refractivity contribution in [2.24, 2.45) is 11.8 Å². The van der Waals surface area contributed by atoms with Crippen molar-refractivity contribution in [3.8, 4) is 0 Å². The van der Waals surface area contributed by atoms with Gasteiger partial charge in [-0.25, -0.2) is 0 Å². The third kappa shape index (κ3) is 5.38. The van der Waals surface area contributed by atoms with Crippen LogP contribution >= 0.6 is 0 Å². The zero-order chi connectivity index (χ0) is 13.3. The quantitative estimate of drug-likeness (QED) is 0.526. The topological polar surface area (TPSA) is 0 Å². The van der Waals surface area contributed by atoms with Gasteiger partial charge in [0.25, 0.3) is 0 Å². The monoisotopic (exact) mass is 258 g/mol. The van der Waals surface area contributed by atoms with E-state index in [1.54, 1.807) is 0 Å². The minimum absolute atomic E-state index is 1.00. The first kappa shape index (κ1) is 14.6. The van der Waals surface area contributed by atoms with Crippen LogP contribution in [0.25, 0.3) is 0 Å². The van der Waals surface area contributed by atoms with E-state index >= 15 is 0 Å². The van der Waals surface area contributed by atoms with E-state index in [1.165, 1.54) is 69.8 Å². The molecule has 0 nitrogen and oxygen atoms in total. The number of hydrogen-bond donors (Lipinski definition) is 0. The van der Waals surface area contributed by atoms with Gasteiger partial charge in [0.1, 0.15) is 0 Å². The Balaban J connectivity index is 1.61. The SMILES string of the molecule is CCCCCC1CCC(CCc2ccccc2)CC1. The first-order valence-corrected chi connectivity index (χ1v) is 8.42. The van der Waals surface area contributed by atoms with E-state index < -0.39 is 0 Å². The average molecular weight is 258 g/mol. The highest BCUT2D eigenvalue weighted by atomic mass is 14.3. The molecule has 0 aliphatic heterocycles. The molecule has 1 aliphatic carbocycles. The second-order valence-corrected chi connectivity index (χ2v) is 6.41. The molecule has 0 saturated heterocycles. The van der Waals surface area contributed by atoms with E-state index in [2.05, 4.69) is 37.3 Å². The Hall–Kier alpha value is -0.780. The van der Waals surface area contributed by atoms with Gasteiger partial charge < -0.3 is 0 Å². The zero-order valence-electron chi connectivity index (χ0n) is 12.6. The number of rotatable bonds is 7. The largest absolute Gasteiger partial charge is 0.0654 e. The summed E-state index contributed by atoms with van der Waals surface area (Å²) >= 11 is 0. The summed E-state index contributed by atoms with van der Waals surface area (Å²) in [5.74, 6) is 2.06. The summed E-state index contributed by atoms with van der Waals surface area (Å²) < 4.78 is 0. The van der Waals surface area contributed by atoms with Gasteiger partial charge >= 0.3 is 0 Å². The predicted molar refractivity (Wildman–Crippen MR) is 84.4 cm³/mol. The minimum atomic E-state index is 1.00. The van der Waals surface area contributed by atoms with E-state index in [1.807, 2.05) is 0 Å². The van der Waals surface area contributed by atoms with E-state index in [9.17, 15) is 0 Å². The molecule has 19 heavy (non-hydrogen) atoms. The van der Waals surface area contributed by atoms with Crippen LogP contribution in [0.2, 0.25) is 0 Å². The molecular formula is C19H30. The molecule has 0 aromatic heterocycles. The third-order valence-electron chi connectivity index (χ3n) is 4.87. The average Bonchev–Trinajstić information content (AvgIpc) is 2.48. The molecule has 0 heterocycles. The fraction of sp³-hybridized carbons (Fsp3) is 0.684. The van der Waals surface area contributed by atoms with E-state index in [-0.39, 0.29) is 0 Å². The van der Waals surface area contributed by atoms with E-state index in [0.29, 0.717) is 0 Å². The first-order valence-electron chi connectivity index (χ1n) is 8.42. The Morgan fingerprint density at radius 1 is 0.842 bits per heavy atom. The molecule has 1 aromatic rings. The molecule has 0 heteroatoms. The molecule has 1 saturated carbocycles. The second kappa shape index (κ2) is 8.40. The van der Waals surface area contributed by atoms with Crippen molar-refractivity contribution in [2.45, 2.75) is 71.1 Å². The van der Waals surface area contributed by atoms with Crippen LogP contribution in [-0.2, 0) is 6.42 Å². The van der Waals surface area contributed by atoms with Crippen LogP contribution in [0.4, 0.5) is 0 Å². The Morgan fingerprint density at radius 3 is 2.11 bits per heavy atom. The lowest BCUT2D eigenvalue weighted by Gasteiger charge is -2.28. The highest BCUT2D eigenvalue weighted by Gasteiger charge is 2.20. The van der Waals surface area contributed by atoms with Gasteiger partial charge in [0.15, 0.2) is 0 Å². The maximum absolute atomic E-state index is 2.31. The predicted octanol–water partition coefficient (Wildman–Crippen LogP) is 6.01.